The molecule has 1 amide bonds. The van der Waals surface area contributed by atoms with Crippen LogP contribution in [0.3, 0.4) is 0 Å². The lowest BCUT2D eigenvalue weighted by atomic mass is 10.0. The van der Waals surface area contributed by atoms with Gasteiger partial charge in [-0.05, 0) is 30.5 Å². The van der Waals surface area contributed by atoms with Crippen molar-refractivity contribution in [2.75, 3.05) is 0 Å². The van der Waals surface area contributed by atoms with E-state index in [1.165, 1.54) is 17.1 Å². The molecule has 4 rings (SSSR count). The van der Waals surface area contributed by atoms with Crippen molar-refractivity contribution < 1.29 is 13.6 Å². The molecule has 0 spiro atoms. The number of aromatic nitrogens is 3. The number of pyridine rings is 1. The van der Waals surface area contributed by atoms with E-state index in [4.69, 9.17) is 11.6 Å². The summed E-state index contributed by atoms with van der Waals surface area (Å²) in [5.74, 6) is -1.74. The summed E-state index contributed by atoms with van der Waals surface area (Å²) in [5, 5.41) is 11.1. The second-order valence-corrected chi connectivity index (χ2v) is 7.46. The Bertz CT molecular complexity index is 1140. The Morgan fingerprint density at radius 1 is 1.23 bits per heavy atom. The molecule has 0 saturated heterocycles. The van der Waals surface area contributed by atoms with Crippen LogP contribution in [0.15, 0.2) is 54.0 Å². The van der Waals surface area contributed by atoms with Gasteiger partial charge in [0.2, 0.25) is 0 Å². The third-order valence-electron chi connectivity index (χ3n) is 4.91. The van der Waals surface area contributed by atoms with Gasteiger partial charge in [0.1, 0.15) is 17.2 Å². The van der Waals surface area contributed by atoms with Gasteiger partial charge in [0, 0.05) is 48.6 Å². The summed E-state index contributed by atoms with van der Waals surface area (Å²) < 4.78 is 28.9. The number of hydrogen-bond acceptors (Lipinski definition) is 4. The number of carbonyl (C=O) groups is 1. The molecule has 154 valence electrons. The quantitative estimate of drug-likeness (QED) is 0.535. The van der Waals surface area contributed by atoms with Gasteiger partial charge in [-0.25, -0.2) is 13.8 Å². The van der Waals surface area contributed by atoms with E-state index in [9.17, 15) is 13.6 Å². The molecule has 1 unspecified atom stereocenters. The standard InChI is InChI=1S/C21H18ClF2N5O/c1-13(3-2-6-28-12-17-18(22)10-25-11-19(17)27-28)21(30)29-20(4-5-26-29)14-7-15(23)9-16(24)8-14/h5,7-12,20H,1-4,6H2. The van der Waals surface area contributed by atoms with Crippen molar-refractivity contribution in [2.45, 2.75) is 31.8 Å². The highest BCUT2D eigenvalue weighted by molar-refractivity contribution is 6.35. The summed E-state index contributed by atoms with van der Waals surface area (Å²) in [7, 11) is 0. The minimum absolute atomic E-state index is 0.361. The fourth-order valence-corrected chi connectivity index (χ4v) is 3.65. The molecule has 30 heavy (non-hydrogen) atoms. The molecule has 0 bridgehead atoms. The van der Waals surface area contributed by atoms with Gasteiger partial charge in [0.15, 0.2) is 0 Å². The maximum Gasteiger partial charge on any atom is 0.269 e. The molecule has 0 radical (unpaired) electrons. The molecule has 3 aromatic rings. The lowest BCUT2D eigenvalue weighted by Gasteiger charge is -2.23. The van der Waals surface area contributed by atoms with Crippen molar-refractivity contribution in [1.82, 2.24) is 19.8 Å². The first-order valence-corrected chi connectivity index (χ1v) is 9.76. The molecule has 1 atom stereocenters. The first-order chi connectivity index (χ1) is 14.4. The fourth-order valence-electron chi connectivity index (χ4n) is 3.45. The highest BCUT2D eigenvalue weighted by Crippen LogP contribution is 2.31. The monoisotopic (exact) mass is 429 g/mol. The van der Waals surface area contributed by atoms with Gasteiger partial charge in [-0.15, -0.1) is 0 Å². The molecule has 1 aromatic carbocycles. The molecule has 0 fully saturated rings. The van der Waals surface area contributed by atoms with Gasteiger partial charge in [-0.2, -0.15) is 10.2 Å². The number of fused-ring (bicyclic) bond motifs is 1. The van der Waals surface area contributed by atoms with Crippen molar-refractivity contribution in [3.63, 3.8) is 0 Å². The second-order valence-electron chi connectivity index (χ2n) is 7.06. The van der Waals surface area contributed by atoms with Crippen LogP contribution in [0.4, 0.5) is 8.78 Å². The number of amides is 1. The molecule has 0 saturated carbocycles. The fraction of sp³-hybridized carbons (Fsp3) is 0.238. The van der Waals surface area contributed by atoms with Crippen LogP contribution in [0.5, 0.6) is 0 Å². The zero-order valence-corrected chi connectivity index (χ0v) is 16.7. The molecule has 1 aliphatic rings. The van der Waals surface area contributed by atoms with Crippen LogP contribution in [0, 0.1) is 11.6 Å². The van der Waals surface area contributed by atoms with Crippen LogP contribution < -0.4 is 0 Å². The zero-order chi connectivity index (χ0) is 21.3. The van der Waals surface area contributed by atoms with E-state index < -0.39 is 17.7 Å². The first kappa shape index (κ1) is 20.2. The average Bonchev–Trinajstić information content (AvgIpc) is 3.34. The van der Waals surface area contributed by atoms with Crippen molar-refractivity contribution in [2.24, 2.45) is 5.10 Å². The van der Waals surface area contributed by atoms with Crippen LogP contribution in [0.25, 0.3) is 10.9 Å². The number of benzene rings is 1. The minimum Gasteiger partial charge on any atom is -0.271 e. The summed E-state index contributed by atoms with van der Waals surface area (Å²) >= 11 is 6.11. The van der Waals surface area contributed by atoms with Crippen molar-refractivity contribution in [3.05, 3.63) is 71.2 Å². The van der Waals surface area contributed by atoms with Crippen molar-refractivity contribution in [1.29, 1.82) is 0 Å². The summed E-state index contributed by atoms with van der Waals surface area (Å²) in [5.41, 5.74) is 1.43. The largest absolute Gasteiger partial charge is 0.271 e. The van der Waals surface area contributed by atoms with Gasteiger partial charge in [-0.3, -0.25) is 14.5 Å². The first-order valence-electron chi connectivity index (χ1n) is 9.39. The van der Waals surface area contributed by atoms with Crippen molar-refractivity contribution in [3.8, 4) is 0 Å². The van der Waals surface area contributed by atoms with Crippen LogP contribution in [-0.2, 0) is 11.3 Å². The minimum atomic E-state index is -0.690. The topological polar surface area (TPSA) is 63.4 Å². The summed E-state index contributed by atoms with van der Waals surface area (Å²) in [4.78, 5) is 16.8. The van der Waals surface area contributed by atoms with Crippen molar-refractivity contribution >= 4 is 34.6 Å². The Kier molecular flexibility index (Phi) is 5.59. The zero-order valence-electron chi connectivity index (χ0n) is 15.9. The van der Waals surface area contributed by atoms with Gasteiger partial charge >= 0.3 is 0 Å². The SMILES string of the molecule is C=C(CCCn1cc2c(Cl)cncc2n1)C(=O)N1N=CCC1c1cc(F)cc(F)c1. The molecular formula is C21H18ClF2N5O. The van der Waals surface area contributed by atoms with Crippen LogP contribution in [0.1, 0.15) is 30.9 Å². The molecule has 2 aromatic heterocycles. The predicted octanol–water partition coefficient (Wildman–Crippen LogP) is 4.66. The second kappa shape index (κ2) is 8.31. The Morgan fingerprint density at radius 3 is 2.73 bits per heavy atom. The molecule has 1 aliphatic heterocycles. The third kappa shape index (κ3) is 4.09. The van der Waals surface area contributed by atoms with Crippen LogP contribution >= 0.6 is 11.6 Å². The lowest BCUT2D eigenvalue weighted by Crippen LogP contribution is -2.28. The van der Waals surface area contributed by atoms with E-state index in [2.05, 4.69) is 21.8 Å². The summed E-state index contributed by atoms with van der Waals surface area (Å²) in [6.45, 7) is 4.45. The number of hydrazone groups is 1. The van der Waals surface area contributed by atoms with E-state index >= 15 is 0 Å². The Labute approximate surface area is 176 Å². The Hall–Kier alpha value is -3.13. The van der Waals surface area contributed by atoms with Gasteiger partial charge in [0.05, 0.1) is 17.3 Å². The van der Waals surface area contributed by atoms with E-state index in [0.717, 1.165) is 11.5 Å². The molecule has 0 aliphatic carbocycles. The highest BCUT2D eigenvalue weighted by Gasteiger charge is 2.30. The third-order valence-corrected chi connectivity index (χ3v) is 5.21. The van der Waals surface area contributed by atoms with Crippen LogP contribution in [0.2, 0.25) is 5.02 Å². The number of aryl methyl sites for hydroxylation is 1. The van der Waals surface area contributed by atoms with Gasteiger partial charge < -0.3 is 0 Å². The van der Waals surface area contributed by atoms with Gasteiger partial charge in [-0.1, -0.05) is 18.2 Å². The van der Waals surface area contributed by atoms with Crippen LogP contribution in [-0.4, -0.2) is 31.9 Å². The van der Waals surface area contributed by atoms with E-state index in [0.29, 0.717) is 47.5 Å². The lowest BCUT2D eigenvalue weighted by molar-refractivity contribution is -0.129. The molecule has 0 N–H and O–H groups in total. The number of halogens is 3. The highest BCUT2D eigenvalue weighted by atomic mass is 35.5. The predicted molar refractivity (Wildman–Crippen MR) is 110 cm³/mol. The number of rotatable bonds is 6. The summed E-state index contributed by atoms with van der Waals surface area (Å²) in [6.07, 6.45) is 8.04. The smallest absolute Gasteiger partial charge is 0.269 e. The van der Waals surface area contributed by atoms with E-state index in [1.807, 2.05) is 6.20 Å². The Morgan fingerprint density at radius 2 is 2.00 bits per heavy atom. The maximum atomic E-state index is 13.6. The normalized spacial score (nSPS) is 15.8. The molecule has 6 nitrogen and oxygen atoms in total. The molecule has 3 heterocycles. The number of hydrogen-bond donors (Lipinski definition) is 0. The maximum absolute atomic E-state index is 13.6. The summed E-state index contributed by atoms with van der Waals surface area (Å²) in [6, 6.07) is 2.68. The molecular weight excluding hydrogens is 412 g/mol. The number of nitrogens with zero attached hydrogens (tertiary/aromatic N) is 5. The molecule has 9 heteroatoms. The van der Waals surface area contributed by atoms with E-state index in [1.54, 1.807) is 23.3 Å². The van der Waals surface area contributed by atoms with Gasteiger partial charge in [0.25, 0.3) is 5.91 Å². The Balaban J connectivity index is 1.38. The number of carbonyl (C=O) groups excluding carboxylic acids is 1. The average molecular weight is 430 g/mol. The van der Waals surface area contributed by atoms with E-state index in [-0.39, 0.29) is 5.91 Å².